The van der Waals surface area contributed by atoms with E-state index >= 15 is 0 Å². The molecule has 6 saturated carbocycles. The number of rotatable bonds is 38. The Labute approximate surface area is 440 Å². The largest absolute Gasteiger partial charge is 0.462 e. The average molecular weight is 1020 g/mol. The molecule has 12 heteroatoms. The van der Waals surface area contributed by atoms with Crippen LogP contribution in [0.2, 0.25) is 0 Å². The van der Waals surface area contributed by atoms with E-state index in [1.54, 1.807) is 48.5 Å². The second-order valence-electron chi connectivity index (χ2n) is 21.7. The molecule has 6 aliphatic carbocycles. The van der Waals surface area contributed by atoms with Gasteiger partial charge in [0.2, 0.25) is 0 Å². The van der Waals surface area contributed by atoms with Gasteiger partial charge in [-0.2, -0.15) is 0 Å². The maximum atomic E-state index is 13.9. The van der Waals surface area contributed by atoms with Crippen LogP contribution >= 0.6 is 0 Å². The summed E-state index contributed by atoms with van der Waals surface area (Å²) in [5.74, 6) is -2.02. The molecule has 0 atom stereocenters. The Balaban J connectivity index is 0.902. The molecule has 0 aromatic heterocycles. The molecule has 0 bridgehead atoms. The SMILES string of the molecule is CCCCCCCCOC(=O)C(=Cc1ccc(OC(=O)C23C4C5C2C2C3C4C52C(=O)Oc2ccc(C=C(C(=O)OCCCCCCCC)C(=O)OCCCCCCCC)cc2)cc1)C(=O)OCCCCCCCC. The highest BCUT2D eigenvalue weighted by Gasteiger charge is 3.14. The third-order valence-electron chi connectivity index (χ3n) is 16.9. The molecular formula is C62H84O12. The van der Waals surface area contributed by atoms with Gasteiger partial charge >= 0.3 is 35.8 Å². The standard InChI is InChI=1S/C62H84O12/c1-5-9-13-17-21-25-37-69-55(63)47(56(64)70-38-26-22-18-14-10-6-2)41-43-29-33-45(34-30-43)73-59(67)61-49-52-50(61)54-51(61)53(49)62(52,54)60(68)74-46-35-31-44(32-36-46)42-48(57(65)71-39-27-23-19-15-11-7-3)58(66)72-40-28-24-20-16-12-8-4/h29-36,41-42,49-54H,5-28,37-40H2,1-4H3. The second-order valence-corrected chi connectivity index (χ2v) is 21.7. The van der Waals surface area contributed by atoms with Crippen LogP contribution in [0.25, 0.3) is 12.2 Å². The number of carbonyl (C=O) groups is 6. The van der Waals surface area contributed by atoms with Crippen LogP contribution < -0.4 is 9.47 Å². The van der Waals surface area contributed by atoms with Crippen LogP contribution in [0.1, 0.15) is 193 Å². The van der Waals surface area contributed by atoms with Gasteiger partial charge in [0.15, 0.2) is 0 Å². The summed E-state index contributed by atoms with van der Waals surface area (Å²) in [4.78, 5) is 80.7. The molecule has 6 aliphatic rings. The Morgan fingerprint density at radius 2 is 0.581 bits per heavy atom. The van der Waals surface area contributed by atoms with Crippen molar-refractivity contribution in [3.05, 3.63) is 70.8 Å². The van der Waals surface area contributed by atoms with E-state index < -0.39 is 34.7 Å². The molecule has 74 heavy (non-hydrogen) atoms. The minimum atomic E-state index is -0.712. The van der Waals surface area contributed by atoms with Crippen molar-refractivity contribution in [1.29, 1.82) is 0 Å². The highest BCUT2D eigenvalue weighted by atomic mass is 16.6. The zero-order chi connectivity index (χ0) is 52.5. The number of esters is 6. The number of hydrogen-bond donors (Lipinski definition) is 0. The van der Waals surface area contributed by atoms with Gasteiger partial charge in [-0.3, -0.25) is 9.59 Å². The Hall–Kier alpha value is -5.26. The van der Waals surface area contributed by atoms with E-state index in [2.05, 4.69) is 27.7 Å². The van der Waals surface area contributed by atoms with Crippen LogP contribution in [0, 0.1) is 46.3 Å². The molecule has 0 N–H and O–H groups in total. The summed E-state index contributed by atoms with van der Waals surface area (Å²) in [6.07, 6.45) is 27.9. The maximum Gasteiger partial charge on any atom is 0.345 e. The Bertz CT molecular complexity index is 2000. The Kier molecular flexibility index (Phi) is 21.0. The van der Waals surface area contributed by atoms with E-state index in [4.69, 9.17) is 28.4 Å². The first kappa shape index (κ1) is 56.5. The van der Waals surface area contributed by atoms with Crippen LogP contribution in [0.15, 0.2) is 59.7 Å². The van der Waals surface area contributed by atoms with E-state index in [9.17, 15) is 28.8 Å². The molecule has 0 aliphatic heterocycles. The zero-order valence-corrected chi connectivity index (χ0v) is 44.9. The predicted molar refractivity (Wildman–Crippen MR) is 283 cm³/mol. The van der Waals surface area contributed by atoms with Crippen LogP contribution in [0.4, 0.5) is 0 Å². The molecular weight excluding hydrogens is 937 g/mol. The smallest absolute Gasteiger partial charge is 0.345 e. The number of ether oxygens (including phenoxy) is 6. The van der Waals surface area contributed by atoms with Crippen LogP contribution in [0.5, 0.6) is 11.5 Å². The molecule has 6 fully saturated rings. The van der Waals surface area contributed by atoms with E-state index in [1.807, 2.05) is 0 Å². The number of benzene rings is 2. The number of unbranched alkanes of at least 4 members (excludes halogenated alkanes) is 20. The number of carbonyl (C=O) groups excluding carboxylic acids is 6. The van der Waals surface area contributed by atoms with Gasteiger partial charge in [0, 0.05) is 0 Å². The summed E-state index contributed by atoms with van der Waals surface area (Å²) < 4.78 is 34.2. The van der Waals surface area contributed by atoms with Crippen LogP contribution in [-0.2, 0) is 47.7 Å². The van der Waals surface area contributed by atoms with Gasteiger partial charge in [-0.15, -0.1) is 0 Å². The van der Waals surface area contributed by atoms with Crippen LogP contribution in [-0.4, -0.2) is 62.2 Å². The monoisotopic (exact) mass is 1020 g/mol. The fourth-order valence-corrected chi connectivity index (χ4v) is 13.2. The lowest BCUT2D eigenvalue weighted by Crippen LogP contribution is -3.12. The van der Waals surface area contributed by atoms with Crippen molar-refractivity contribution in [2.75, 3.05) is 26.4 Å². The first-order valence-electron chi connectivity index (χ1n) is 28.9. The highest BCUT2D eigenvalue weighted by Crippen LogP contribution is 3.10. The molecule has 0 amide bonds. The zero-order valence-electron chi connectivity index (χ0n) is 44.9. The predicted octanol–water partition coefficient (Wildman–Crippen LogP) is 13.3. The summed E-state index contributed by atoms with van der Waals surface area (Å²) in [6, 6.07) is 13.5. The maximum absolute atomic E-state index is 13.9. The van der Waals surface area contributed by atoms with Gasteiger partial charge in [-0.05, 0) is 109 Å². The summed E-state index contributed by atoms with van der Waals surface area (Å²) in [5.41, 5.74) is -0.299. The van der Waals surface area contributed by atoms with Crippen molar-refractivity contribution in [3.8, 4) is 11.5 Å². The first-order chi connectivity index (χ1) is 36.1. The summed E-state index contributed by atoms with van der Waals surface area (Å²) in [7, 11) is 0. The van der Waals surface area contributed by atoms with Gasteiger partial charge in [-0.1, -0.05) is 180 Å². The van der Waals surface area contributed by atoms with E-state index in [1.165, 1.54) is 37.8 Å². The molecule has 0 spiro atoms. The van der Waals surface area contributed by atoms with Gasteiger partial charge in [0.05, 0.1) is 37.3 Å². The fourth-order valence-electron chi connectivity index (χ4n) is 13.2. The molecule has 0 saturated heterocycles. The molecule has 12 nitrogen and oxygen atoms in total. The molecule has 8 rings (SSSR count). The van der Waals surface area contributed by atoms with Crippen LogP contribution in [0.3, 0.4) is 0 Å². The molecule has 0 radical (unpaired) electrons. The summed E-state index contributed by atoms with van der Waals surface area (Å²) in [6.45, 7) is 9.59. The van der Waals surface area contributed by atoms with E-state index in [0.29, 0.717) is 22.6 Å². The highest BCUT2D eigenvalue weighted by molar-refractivity contribution is 6.18. The topological polar surface area (TPSA) is 158 Å². The summed E-state index contributed by atoms with van der Waals surface area (Å²) >= 11 is 0. The van der Waals surface area contributed by atoms with E-state index in [-0.39, 0.29) is 85.0 Å². The lowest BCUT2D eigenvalue weighted by Gasteiger charge is -3.08. The van der Waals surface area contributed by atoms with Gasteiger partial charge in [-0.25, -0.2) is 19.2 Å². The van der Waals surface area contributed by atoms with Crippen molar-refractivity contribution in [2.24, 2.45) is 46.3 Å². The molecule has 404 valence electrons. The molecule has 2 aromatic carbocycles. The Morgan fingerprint density at radius 3 is 0.824 bits per heavy atom. The normalized spacial score (nSPS) is 23.5. The first-order valence-corrected chi connectivity index (χ1v) is 28.9. The quantitative estimate of drug-likeness (QED) is 0.0119. The van der Waals surface area contributed by atoms with Crippen molar-refractivity contribution in [1.82, 2.24) is 0 Å². The van der Waals surface area contributed by atoms with Gasteiger partial charge < -0.3 is 28.4 Å². The lowest BCUT2D eigenvalue weighted by atomic mass is 8.92. The molecule has 0 heterocycles. The summed E-state index contributed by atoms with van der Waals surface area (Å²) in [5, 5.41) is 0. The fraction of sp³-hybridized carbons (Fsp3) is 0.645. The second kappa shape index (κ2) is 27.5. The van der Waals surface area contributed by atoms with Crippen molar-refractivity contribution >= 4 is 48.0 Å². The third kappa shape index (κ3) is 12.0. The van der Waals surface area contributed by atoms with Crippen molar-refractivity contribution < 1.29 is 57.2 Å². The van der Waals surface area contributed by atoms with Crippen molar-refractivity contribution in [2.45, 2.75) is 182 Å². The van der Waals surface area contributed by atoms with Gasteiger partial charge in [0.1, 0.15) is 22.6 Å². The molecule has 2 aromatic rings. The van der Waals surface area contributed by atoms with Gasteiger partial charge in [0.25, 0.3) is 0 Å². The van der Waals surface area contributed by atoms with Crippen molar-refractivity contribution in [3.63, 3.8) is 0 Å². The minimum absolute atomic E-state index is 0.101. The van der Waals surface area contributed by atoms with E-state index in [0.717, 1.165) is 128 Å². The minimum Gasteiger partial charge on any atom is -0.462 e. The molecule has 0 unspecified atom stereocenters. The number of hydrogen-bond acceptors (Lipinski definition) is 12. The third-order valence-corrected chi connectivity index (χ3v) is 16.9. The lowest BCUT2D eigenvalue weighted by molar-refractivity contribution is -0.627. The average Bonchev–Trinajstić information content (AvgIpc) is 3.41. The Morgan fingerprint density at radius 1 is 0.351 bits per heavy atom.